The van der Waals surface area contributed by atoms with Gasteiger partial charge in [0.25, 0.3) is 5.91 Å². The molecule has 0 aliphatic rings. The molecule has 6 nitrogen and oxygen atoms in total. The van der Waals surface area contributed by atoms with Crippen molar-refractivity contribution in [3.63, 3.8) is 0 Å². The van der Waals surface area contributed by atoms with E-state index in [0.717, 1.165) is 28.0 Å². The number of hydrogen-bond acceptors (Lipinski definition) is 4. The predicted octanol–water partition coefficient (Wildman–Crippen LogP) is 3.64. The highest BCUT2D eigenvalue weighted by atomic mass is 16.2. The minimum absolute atomic E-state index is 0.0952. The zero-order valence-electron chi connectivity index (χ0n) is 15.4. The van der Waals surface area contributed by atoms with Crippen LogP contribution in [0.5, 0.6) is 0 Å². The number of amides is 1. The van der Waals surface area contributed by atoms with Crippen molar-refractivity contribution in [2.24, 2.45) is 5.10 Å². The molecule has 0 atom stereocenters. The molecule has 0 fully saturated rings. The van der Waals surface area contributed by atoms with E-state index in [1.807, 2.05) is 84.3 Å². The number of nitrogens with one attached hydrogen (secondary N) is 1. The molecule has 2 aromatic heterocycles. The molecule has 2 heterocycles. The number of imidazole rings is 1. The first-order chi connectivity index (χ1) is 13.7. The van der Waals surface area contributed by atoms with Crippen LogP contribution in [0.2, 0.25) is 0 Å². The van der Waals surface area contributed by atoms with Gasteiger partial charge in [0.1, 0.15) is 12.2 Å². The van der Waals surface area contributed by atoms with Crippen LogP contribution >= 0.6 is 0 Å². The third-order valence-corrected chi connectivity index (χ3v) is 4.39. The van der Waals surface area contributed by atoms with Crippen LogP contribution in [0.3, 0.4) is 0 Å². The van der Waals surface area contributed by atoms with E-state index in [-0.39, 0.29) is 12.5 Å². The van der Waals surface area contributed by atoms with Gasteiger partial charge >= 0.3 is 0 Å². The second kappa shape index (κ2) is 7.84. The highest BCUT2D eigenvalue weighted by molar-refractivity contribution is 5.99. The van der Waals surface area contributed by atoms with Gasteiger partial charge in [-0.3, -0.25) is 9.78 Å². The summed E-state index contributed by atoms with van der Waals surface area (Å²) in [5.74, 6) is 0.427. The maximum absolute atomic E-state index is 12.6. The Bertz CT molecular complexity index is 1130. The number of nitrogens with zero attached hydrogens (tertiary/aromatic N) is 4. The number of hydrazone groups is 1. The molecule has 0 spiro atoms. The summed E-state index contributed by atoms with van der Waals surface area (Å²) in [6, 6.07) is 23.1. The Morgan fingerprint density at radius 2 is 1.75 bits per heavy atom. The Hall–Kier alpha value is -3.80. The van der Waals surface area contributed by atoms with Crippen molar-refractivity contribution in [2.75, 3.05) is 0 Å². The molecule has 1 N–H and O–H groups in total. The second-order valence-electron chi connectivity index (χ2n) is 6.32. The van der Waals surface area contributed by atoms with E-state index in [4.69, 9.17) is 0 Å². The van der Waals surface area contributed by atoms with E-state index in [1.54, 1.807) is 6.20 Å². The van der Waals surface area contributed by atoms with Gasteiger partial charge in [0.05, 0.1) is 16.7 Å². The van der Waals surface area contributed by atoms with Crippen LogP contribution in [0.1, 0.15) is 12.5 Å². The molecule has 0 aliphatic carbocycles. The maximum atomic E-state index is 12.6. The number of fused-ring (bicyclic) bond motifs is 1. The molecular weight excluding hydrogens is 350 g/mol. The lowest BCUT2D eigenvalue weighted by Gasteiger charge is -2.08. The van der Waals surface area contributed by atoms with Crippen molar-refractivity contribution in [3.8, 4) is 11.5 Å². The zero-order valence-corrected chi connectivity index (χ0v) is 15.4. The summed E-state index contributed by atoms with van der Waals surface area (Å²) in [5, 5.41) is 4.23. The van der Waals surface area contributed by atoms with Crippen LogP contribution in [-0.2, 0) is 11.3 Å². The van der Waals surface area contributed by atoms with Crippen LogP contribution in [0.25, 0.3) is 22.6 Å². The molecule has 2 aromatic carbocycles. The van der Waals surface area contributed by atoms with Gasteiger partial charge in [-0.1, -0.05) is 48.5 Å². The fourth-order valence-corrected chi connectivity index (χ4v) is 3.00. The SMILES string of the molecule is CC(=NNC(=O)Cn1c(-c2ccccn2)nc2ccccc21)c1ccccc1. The van der Waals surface area contributed by atoms with E-state index in [0.29, 0.717) is 5.82 Å². The molecular formula is C22H19N5O. The van der Waals surface area contributed by atoms with E-state index in [1.165, 1.54) is 0 Å². The largest absolute Gasteiger partial charge is 0.313 e. The Kier molecular flexibility index (Phi) is 4.93. The smallest absolute Gasteiger partial charge is 0.260 e. The van der Waals surface area contributed by atoms with Gasteiger partial charge in [-0.15, -0.1) is 0 Å². The number of benzene rings is 2. The summed E-state index contributed by atoms with van der Waals surface area (Å²) in [6.07, 6.45) is 1.71. The average molecular weight is 369 g/mol. The first-order valence-electron chi connectivity index (χ1n) is 8.97. The number of aromatic nitrogens is 3. The fraction of sp³-hybridized carbons (Fsp3) is 0.0909. The average Bonchev–Trinajstić information content (AvgIpc) is 3.12. The van der Waals surface area contributed by atoms with Crippen molar-refractivity contribution in [1.82, 2.24) is 20.0 Å². The maximum Gasteiger partial charge on any atom is 0.260 e. The topological polar surface area (TPSA) is 72.2 Å². The molecule has 4 aromatic rings. The number of carbonyl (C=O) groups excluding carboxylic acids is 1. The number of para-hydroxylation sites is 2. The lowest BCUT2D eigenvalue weighted by atomic mass is 10.1. The summed E-state index contributed by atoms with van der Waals surface area (Å²) in [7, 11) is 0. The molecule has 0 bridgehead atoms. The zero-order chi connectivity index (χ0) is 19.3. The van der Waals surface area contributed by atoms with Crippen LogP contribution in [0.4, 0.5) is 0 Å². The summed E-state index contributed by atoms with van der Waals surface area (Å²) >= 11 is 0. The van der Waals surface area contributed by atoms with Gasteiger partial charge in [0.15, 0.2) is 5.82 Å². The fourth-order valence-electron chi connectivity index (χ4n) is 3.00. The lowest BCUT2D eigenvalue weighted by Crippen LogP contribution is -2.24. The molecule has 0 radical (unpaired) electrons. The Morgan fingerprint density at radius 3 is 2.54 bits per heavy atom. The monoisotopic (exact) mass is 369 g/mol. The van der Waals surface area contributed by atoms with Crippen molar-refractivity contribution >= 4 is 22.7 Å². The molecule has 0 unspecified atom stereocenters. The molecule has 0 aliphatic heterocycles. The van der Waals surface area contributed by atoms with E-state index < -0.39 is 0 Å². The number of carbonyl (C=O) groups is 1. The molecule has 28 heavy (non-hydrogen) atoms. The van der Waals surface area contributed by atoms with Crippen molar-refractivity contribution in [2.45, 2.75) is 13.5 Å². The minimum atomic E-state index is -0.226. The van der Waals surface area contributed by atoms with Crippen LogP contribution < -0.4 is 5.43 Å². The van der Waals surface area contributed by atoms with Gasteiger partial charge in [-0.05, 0) is 36.8 Å². The van der Waals surface area contributed by atoms with Crippen molar-refractivity contribution in [3.05, 3.63) is 84.6 Å². The third kappa shape index (κ3) is 3.66. The summed E-state index contributed by atoms with van der Waals surface area (Å²) in [4.78, 5) is 21.6. The molecule has 4 rings (SSSR count). The lowest BCUT2D eigenvalue weighted by molar-refractivity contribution is -0.121. The second-order valence-corrected chi connectivity index (χ2v) is 6.32. The van der Waals surface area contributed by atoms with Crippen molar-refractivity contribution in [1.29, 1.82) is 0 Å². The van der Waals surface area contributed by atoms with Crippen molar-refractivity contribution < 1.29 is 4.79 Å². The minimum Gasteiger partial charge on any atom is -0.313 e. The van der Waals surface area contributed by atoms with Gasteiger partial charge in [-0.25, -0.2) is 10.4 Å². The van der Waals surface area contributed by atoms with Gasteiger partial charge in [0, 0.05) is 6.20 Å². The Labute approximate surface area is 162 Å². The first-order valence-corrected chi connectivity index (χ1v) is 8.97. The summed E-state index contributed by atoms with van der Waals surface area (Å²) < 4.78 is 1.86. The molecule has 6 heteroatoms. The first kappa shape index (κ1) is 17.6. The predicted molar refractivity (Wildman–Crippen MR) is 110 cm³/mol. The standard InChI is InChI=1S/C22H19N5O/c1-16(17-9-3-2-4-10-17)25-26-21(28)15-27-20-13-6-5-11-18(20)24-22(27)19-12-7-8-14-23-19/h2-14H,15H2,1H3,(H,26,28). The third-order valence-electron chi connectivity index (χ3n) is 4.39. The van der Waals surface area contributed by atoms with E-state index in [2.05, 4.69) is 20.5 Å². The molecule has 1 amide bonds. The van der Waals surface area contributed by atoms with Crippen LogP contribution in [-0.4, -0.2) is 26.2 Å². The highest BCUT2D eigenvalue weighted by Crippen LogP contribution is 2.23. The quantitative estimate of drug-likeness (QED) is 0.431. The summed E-state index contributed by atoms with van der Waals surface area (Å²) in [5.41, 5.74) is 6.76. The Morgan fingerprint density at radius 1 is 1.00 bits per heavy atom. The highest BCUT2D eigenvalue weighted by Gasteiger charge is 2.15. The Balaban J connectivity index is 1.61. The summed E-state index contributed by atoms with van der Waals surface area (Å²) in [6.45, 7) is 1.96. The normalized spacial score (nSPS) is 11.5. The number of hydrogen-bond donors (Lipinski definition) is 1. The van der Waals surface area contributed by atoms with Gasteiger partial charge in [-0.2, -0.15) is 5.10 Å². The number of rotatable bonds is 5. The van der Waals surface area contributed by atoms with Gasteiger partial charge < -0.3 is 4.57 Å². The van der Waals surface area contributed by atoms with E-state index in [9.17, 15) is 4.79 Å². The molecule has 0 saturated carbocycles. The molecule has 0 saturated heterocycles. The van der Waals surface area contributed by atoms with Crippen LogP contribution in [0, 0.1) is 0 Å². The van der Waals surface area contributed by atoms with E-state index >= 15 is 0 Å². The van der Waals surface area contributed by atoms with Gasteiger partial charge in [0.2, 0.25) is 0 Å². The molecule has 138 valence electrons. The number of pyridine rings is 1. The van der Waals surface area contributed by atoms with Crippen LogP contribution in [0.15, 0.2) is 84.1 Å².